The van der Waals surface area contributed by atoms with Gasteiger partial charge in [0.2, 0.25) is 0 Å². The van der Waals surface area contributed by atoms with Crippen molar-refractivity contribution in [3.63, 3.8) is 0 Å². The van der Waals surface area contributed by atoms with E-state index in [4.69, 9.17) is 4.74 Å². The Kier molecular flexibility index (Phi) is 7.96. The van der Waals surface area contributed by atoms with Gasteiger partial charge >= 0.3 is 0 Å². The van der Waals surface area contributed by atoms with Crippen LogP contribution in [0.5, 0.6) is 0 Å². The van der Waals surface area contributed by atoms with Crippen molar-refractivity contribution in [2.24, 2.45) is 0 Å². The van der Waals surface area contributed by atoms with Crippen LogP contribution < -0.4 is 0 Å². The maximum absolute atomic E-state index is 5.29. The van der Waals surface area contributed by atoms with Gasteiger partial charge in [0.25, 0.3) is 0 Å². The first-order chi connectivity index (χ1) is 4.20. The number of hydrogen-bond acceptors (Lipinski definition) is 1. The van der Waals surface area contributed by atoms with Crippen molar-refractivity contribution in [1.29, 1.82) is 0 Å². The number of halogens is 4. The van der Waals surface area contributed by atoms with Crippen LogP contribution in [-0.2, 0) is 4.74 Å². The molecule has 9 heavy (non-hydrogen) atoms. The number of rotatable bonds is 4. The summed E-state index contributed by atoms with van der Waals surface area (Å²) in [5.74, 6) is 0. The third-order valence-corrected chi connectivity index (χ3v) is 4.53. The predicted molar refractivity (Wildman–Crippen MR) is 54.1 cm³/mol. The zero-order valence-electron chi connectivity index (χ0n) is 4.49. The Labute approximate surface area is 88.4 Å². The highest BCUT2D eigenvalue weighted by atomic mass is 79.9. The van der Waals surface area contributed by atoms with Gasteiger partial charge in [-0.3, -0.25) is 0 Å². The summed E-state index contributed by atoms with van der Waals surface area (Å²) in [7, 11) is 0. The van der Waals surface area contributed by atoms with Gasteiger partial charge in [0.15, 0.2) is 0 Å². The molecule has 0 bridgehead atoms. The molecule has 0 fully saturated rings. The van der Waals surface area contributed by atoms with E-state index in [-0.39, 0.29) is 10.0 Å². The molecule has 0 rings (SSSR count). The van der Waals surface area contributed by atoms with Crippen molar-refractivity contribution in [2.75, 3.05) is 10.7 Å². The minimum atomic E-state index is 0.0828. The summed E-state index contributed by atoms with van der Waals surface area (Å²) in [4.78, 5) is 0. The van der Waals surface area contributed by atoms with E-state index in [1.807, 2.05) is 0 Å². The smallest absolute Gasteiger partial charge is 0.123 e. The first-order valence-corrected chi connectivity index (χ1v) is 6.33. The molecule has 0 radical (unpaired) electrons. The van der Waals surface area contributed by atoms with E-state index in [2.05, 4.69) is 63.7 Å². The van der Waals surface area contributed by atoms with E-state index < -0.39 is 0 Å². The van der Waals surface area contributed by atoms with E-state index in [9.17, 15) is 0 Å². The molecule has 0 aliphatic rings. The number of ether oxygens (including phenoxy) is 1. The first-order valence-electron chi connectivity index (χ1n) is 2.26. The molecule has 0 saturated heterocycles. The van der Waals surface area contributed by atoms with Crippen LogP contribution >= 0.6 is 63.7 Å². The molecule has 0 aliphatic carbocycles. The molecule has 5 heteroatoms. The molecule has 0 aromatic rings. The maximum Gasteiger partial charge on any atom is 0.123 e. The molecule has 2 atom stereocenters. The Balaban J connectivity index is 3.22. The van der Waals surface area contributed by atoms with E-state index >= 15 is 0 Å². The summed E-state index contributed by atoms with van der Waals surface area (Å²) in [6, 6.07) is 0. The molecule has 2 unspecified atom stereocenters. The SMILES string of the molecule is BrCC(Br)OC(Br)CBr. The third-order valence-electron chi connectivity index (χ3n) is 0.538. The monoisotopic (exact) mass is 386 g/mol. The van der Waals surface area contributed by atoms with Gasteiger partial charge in [-0.2, -0.15) is 0 Å². The van der Waals surface area contributed by atoms with Crippen molar-refractivity contribution in [3.8, 4) is 0 Å². The lowest BCUT2D eigenvalue weighted by atomic mass is 10.8. The van der Waals surface area contributed by atoms with E-state index in [1.165, 1.54) is 0 Å². The van der Waals surface area contributed by atoms with Crippen molar-refractivity contribution < 1.29 is 4.74 Å². The molecular formula is C4H6Br4O. The van der Waals surface area contributed by atoms with Crippen molar-refractivity contribution in [3.05, 3.63) is 0 Å². The highest BCUT2D eigenvalue weighted by Crippen LogP contribution is 2.13. The Morgan fingerprint density at radius 1 is 1.00 bits per heavy atom. The summed E-state index contributed by atoms with van der Waals surface area (Å²) in [5, 5.41) is 1.75. The average molecular weight is 390 g/mol. The summed E-state index contributed by atoms with van der Waals surface area (Å²) >= 11 is 13.1. The Hall–Kier alpha value is 1.88. The van der Waals surface area contributed by atoms with Crippen molar-refractivity contribution >= 4 is 63.7 Å². The lowest BCUT2D eigenvalue weighted by Gasteiger charge is -2.11. The van der Waals surface area contributed by atoms with Gasteiger partial charge in [0.1, 0.15) is 10.0 Å². The standard InChI is InChI=1S/C4H6Br4O/c5-1-3(7)9-4(8)2-6/h3-4H,1-2H2. The lowest BCUT2D eigenvalue weighted by Crippen LogP contribution is -2.13. The molecule has 0 aliphatic heterocycles. The van der Waals surface area contributed by atoms with Crippen LogP contribution in [0.2, 0.25) is 0 Å². The summed E-state index contributed by atoms with van der Waals surface area (Å²) in [6.45, 7) is 0. The van der Waals surface area contributed by atoms with Crippen LogP contribution in [0, 0.1) is 0 Å². The van der Waals surface area contributed by atoms with Gasteiger partial charge in [0, 0.05) is 10.7 Å². The second-order valence-corrected chi connectivity index (χ2v) is 4.60. The molecule has 56 valence electrons. The van der Waals surface area contributed by atoms with Gasteiger partial charge in [0.05, 0.1) is 0 Å². The normalized spacial score (nSPS) is 17.3. The highest BCUT2D eigenvalue weighted by Gasteiger charge is 2.07. The number of alkyl halides is 4. The zero-order valence-corrected chi connectivity index (χ0v) is 10.8. The summed E-state index contributed by atoms with van der Waals surface area (Å²) in [5.41, 5.74) is 0. The summed E-state index contributed by atoms with van der Waals surface area (Å²) < 4.78 is 5.29. The molecular weight excluding hydrogens is 384 g/mol. The second kappa shape index (κ2) is 6.58. The Morgan fingerprint density at radius 2 is 1.33 bits per heavy atom. The minimum Gasteiger partial charge on any atom is -0.351 e. The van der Waals surface area contributed by atoms with Crippen LogP contribution in [0.15, 0.2) is 0 Å². The second-order valence-electron chi connectivity index (χ2n) is 1.26. The van der Waals surface area contributed by atoms with Gasteiger partial charge in [-0.15, -0.1) is 0 Å². The molecule has 0 amide bonds. The fraction of sp³-hybridized carbons (Fsp3) is 1.00. The molecule has 0 N–H and O–H groups in total. The van der Waals surface area contributed by atoms with E-state index in [0.717, 1.165) is 10.7 Å². The van der Waals surface area contributed by atoms with Crippen LogP contribution in [0.4, 0.5) is 0 Å². The first kappa shape index (κ1) is 10.9. The third kappa shape index (κ3) is 6.28. The fourth-order valence-electron chi connectivity index (χ4n) is 0.233. The van der Waals surface area contributed by atoms with E-state index in [1.54, 1.807) is 0 Å². The Morgan fingerprint density at radius 3 is 1.56 bits per heavy atom. The predicted octanol–water partition coefficient (Wildman–Crippen LogP) is 3.23. The molecule has 0 saturated carbocycles. The number of hydrogen-bond donors (Lipinski definition) is 0. The summed E-state index contributed by atoms with van der Waals surface area (Å²) in [6.07, 6.45) is 0. The molecule has 0 spiro atoms. The highest BCUT2D eigenvalue weighted by molar-refractivity contribution is 9.12. The zero-order chi connectivity index (χ0) is 7.28. The largest absolute Gasteiger partial charge is 0.351 e. The van der Waals surface area contributed by atoms with Gasteiger partial charge in [-0.05, 0) is 0 Å². The molecule has 0 aromatic carbocycles. The molecule has 0 aromatic heterocycles. The lowest BCUT2D eigenvalue weighted by molar-refractivity contribution is 0.129. The van der Waals surface area contributed by atoms with Crippen molar-refractivity contribution in [1.82, 2.24) is 0 Å². The van der Waals surface area contributed by atoms with Crippen molar-refractivity contribution in [2.45, 2.75) is 10.0 Å². The van der Waals surface area contributed by atoms with Gasteiger partial charge in [-0.1, -0.05) is 63.7 Å². The van der Waals surface area contributed by atoms with Gasteiger partial charge < -0.3 is 4.74 Å². The van der Waals surface area contributed by atoms with Crippen LogP contribution in [0.3, 0.4) is 0 Å². The van der Waals surface area contributed by atoms with Crippen LogP contribution in [0.1, 0.15) is 0 Å². The van der Waals surface area contributed by atoms with Crippen LogP contribution in [0.25, 0.3) is 0 Å². The maximum atomic E-state index is 5.29. The topological polar surface area (TPSA) is 9.23 Å². The van der Waals surface area contributed by atoms with Gasteiger partial charge in [-0.25, -0.2) is 0 Å². The quantitative estimate of drug-likeness (QED) is 0.671. The average Bonchev–Trinajstić information content (AvgIpc) is 1.87. The Bertz CT molecular complexity index is 61.6. The van der Waals surface area contributed by atoms with E-state index in [0.29, 0.717) is 0 Å². The fourth-order valence-corrected chi connectivity index (χ4v) is 1.35. The minimum absolute atomic E-state index is 0.0828. The molecule has 1 nitrogen and oxygen atoms in total. The molecule has 0 heterocycles. The van der Waals surface area contributed by atoms with Crippen LogP contribution in [-0.4, -0.2) is 20.7 Å².